The van der Waals surface area contributed by atoms with Gasteiger partial charge in [0.2, 0.25) is 0 Å². The molecule has 0 aliphatic carbocycles. The third-order valence-electron chi connectivity index (χ3n) is 4.07. The van der Waals surface area contributed by atoms with Crippen LogP contribution in [0.1, 0.15) is 15.9 Å². The fourth-order valence-corrected chi connectivity index (χ4v) is 3.29. The zero-order valence-electron chi connectivity index (χ0n) is 15.6. The van der Waals surface area contributed by atoms with E-state index in [-0.39, 0.29) is 5.91 Å². The first kappa shape index (κ1) is 19.8. The highest BCUT2D eigenvalue weighted by Crippen LogP contribution is 2.37. The Morgan fingerprint density at radius 3 is 2.36 bits per heavy atom. The van der Waals surface area contributed by atoms with Gasteiger partial charge in [0.1, 0.15) is 12.4 Å². The van der Waals surface area contributed by atoms with Crippen LogP contribution in [-0.2, 0) is 6.61 Å². The molecule has 0 unspecified atom stereocenters. The number of amides is 1. The number of rotatable bonds is 7. The van der Waals surface area contributed by atoms with Crippen molar-refractivity contribution < 1.29 is 19.0 Å². The summed E-state index contributed by atoms with van der Waals surface area (Å²) in [4.78, 5) is 12.8. The number of carbonyl (C=O) groups excluding carboxylic acids is 1. The van der Waals surface area contributed by atoms with Crippen molar-refractivity contribution >= 4 is 27.5 Å². The van der Waals surface area contributed by atoms with Gasteiger partial charge in [0, 0.05) is 5.56 Å². The van der Waals surface area contributed by atoms with Crippen molar-refractivity contribution in [2.24, 2.45) is 0 Å². The summed E-state index contributed by atoms with van der Waals surface area (Å²) in [5, 5.41) is 2.86. The monoisotopic (exact) mass is 441 g/mol. The van der Waals surface area contributed by atoms with E-state index < -0.39 is 0 Å². The summed E-state index contributed by atoms with van der Waals surface area (Å²) in [5.41, 5.74) is 2.04. The van der Waals surface area contributed by atoms with Crippen LogP contribution in [0.4, 0.5) is 5.69 Å². The SMILES string of the molecule is COc1ccccc1NC(=O)c1cc(Br)c(OC)c(OCc2ccccc2)c1. The van der Waals surface area contributed by atoms with E-state index in [1.54, 1.807) is 38.5 Å². The Kier molecular flexibility index (Phi) is 6.55. The lowest BCUT2D eigenvalue weighted by molar-refractivity contribution is 0.102. The minimum absolute atomic E-state index is 0.280. The Labute approximate surface area is 172 Å². The van der Waals surface area contributed by atoms with Crippen LogP contribution in [-0.4, -0.2) is 20.1 Å². The minimum atomic E-state index is -0.280. The van der Waals surface area contributed by atoms with Gasteiger partial charge in [-0.1, -0.05) is 42.5 Å². The summed E-state index contributed by atoms with van der Waals surface area (Å²) in [6.07, 6.45) is 0. The molecule has 0 aliphatic heterocycles. The van der Waals surface area contributed by atoms with E-state index in [1.807, 2.05) is 42.5 Å². The average Bonchev–Trinajstić information content (AvgIpc) is 2.73. The van der Waals surface area contributed by atoms with E-state index in [0.29, 0.717) is 39.6 Å². The molecule has 0 saturated carbocycles. The summed E-state index contributed by atoms with van der Waals surface area (Å²) in [7, 11) is 3.12. The molecule has 3 aromatic carbocycles. The fraction of sp³-hybridized carbons (Fsp3) is 0.136. The molecule has 0 radical (unpaired) electrons. The molecule has 3 aromatic rings. The van der Waals surface area contributed by atoms with Crippen molar-refractivity contribution in [3.8, 4) is 17.2 Å². The summed E-state index contributed by atoms with van der Waals surface area (Å²) in [6.45, 7) is 0.362. The van der Waals surface area contributed by atoms with Crippen LogP contribution in [0, 0.1) is 0 Å². The Balaban J connectivity index is 1.84. The van der Waals surface area contributed by atoms with Crippen molar-refractivity contribution in [2.45, 2.75) is 6.61 Å². The molecule has 1 amide bonds. The second-order valence-corrected chi connectivity index (χ2v) is 6.77. The highest BCUT2D eigenvalue weighted by atomic mass is 79.9. The fourth-order valence-electron chi connectivity index (χ4n) is 2.68. The molecule has 0 aliphatic rings. The highest BCUT2D eigenvalue weighted by molar-refractivity contribution is 9.10. The largest absolute Gasteiger partial charge is 0.495 e. The maximum absolute atomic E-state index is 12.8. The van der Waals surface area contributed by atoms with E-state index in [0.717, 1.165) is 5.56 Å². The molecule has 28 heavy (non-hydrogen) atoms. The van der Waals surface area contributed by atoms with Gasteiger partial charge in [-0.3, -0.25) is 4.79 Å². The maximum atomic E-state index is 12.8. The van der Waals surface area contributed by atoms with Gasteiger partial charge in [-0.25, -0.2) is 0 Å². The zero-order valence-corrected chi connectivity index (χ0v) is 17.2. The Hall–Kier alpha value is -2.99. The van der Waals surface area contributed by atoms with Crippen LogP contribution < -0.4 is 19.5 Å². The topological polar surface area (TPSA) is 56.8 Å². The van der Waals surface area contributed by atoms with Crippen LogP contribution in [0.25, 0.3) is 0 Å². The van der Waals surface area contributed by atoms with Gasteiger partial charge < -0.3 is 19.5 Å². The van der Waals surface area contributed by atoms with Crippen LogP contribution >= 0.6 is 15.9 Å². The lowest BCUT2D eigenvalue weighted by Crippen LogP contribution is -2.13. The second-order valence-electron chi connectivity index (χ2n) is 5.92. The number of hydrogen-bond acceptors (Lipinski definition) is 4. The molecule has 5 nitrogen and oxygen atoms in total. The lowest BCUT2D eigenvalue weighted by atomic mass is 10.1. The molecule has 0 saturated heterocycles. The molecule has 1 N–H and O–H groups in total. The Bertz CT molecular complexity index is 960. The van der Waals surface area contributed by atoms with Gasteiger partial charge in [0.25, 0.3) is 5.91 Å². The van der Waals surface area contributed by atoms with Crippen molar-refractivity contribution in [1.29, 1.82) is 0 Å². The highest BCUT2D eigenvalue weighted by Gasteiger charge is 2.17. The number of ether oxygens (including phenoxy) is 3. The van der Waals surface area contributed by atoms with Gasteiger partial charge in [0.15, 0.2) is 11.5 Å². The third-order valence-corrected chi connectivity index (χ3v) is 4.66. The van der Waals surface area contributed by atoms with Gasteiger partial charge in [0.05, 0.1) is 24.4 Å². The van der Waals surface area contributed by atoms with Gasteiger partial charge in [-0.2, -0.15) is 0 Å². The second kappa shape index (κ2) is 9.28. The Morgan fingerprint density at radius 2 is 1.64 bits per heavy atom. The molecule has 0 bridgehead atoms. The first-order valence-electron chi connectivity index (χ1n) is 8.61. The van der Waals surface area contributed by atoms with Crippen LogP contribution in [0.15, 0.2) is 71.2 Å². The molecule has 0 fully saturated rings. The maximum Gasteiger partial charge on any atom is 0.255 e. The summed E-state index contributed by atoms with van der Waals surface area (Å²) < 4.78 is 17.3. The normalized spacial score (nSPS) is 10.2. The van der Waals surface area contributed by atoms with Gasteiger partial charge in [-0.15, -0.1) is 0 Å². The van der Waals surface area contributed by atoms with Crippen molar-refractivity contribution in [1.82, 2.24) is 0 Å². The van der Waals surface area contributed by atoms with Crippen molar-refractivity contribution in [3.63, 3.8) is 0 Å². The van der Waals surface area contributed by atoms with E-state index in [2.05, 4.69) is 21.2 Å². The average molecular weight is 442 g/mol. The van der Waals surface area contributed by atoms with Crippen molar-refractivity contribution in [2.75, 3.05) is 19.5 Å². The minimum Gasteiger partial charge on any atom is -0.495 e. The molecular weight excluding hydrogens is 422 g/mol. The van der Waals surface area contributed by atoms with Crippen LogP contribution in [0.3, 0.4) is 0 Å². The van der Waals surface area contributed by atoms with Crippen LogP contribution in [0.2, 0.25) is 0 Å². The molecule has 0 atom stereocenters. The standard InChI is InChI=1S/C22H20BrNO4/c1-26-19-11-7-6-10-18(19)24-22(25)16-12-17(23)21(27-2)20(13-16)28-14-15-8-4-3-5-9-15/h3-13H,14H2,1-2H3,(H,24,25). The number of benzene rings is 3. The molecule has 0 spiro atoms. The van der Waals surface area contributed by atoms with E-state index in [9.17, 15) is 4.79 Å². The Morgan fingerprint density at radius 1 is 0.929 bits per heavy atom. The molecule has 144 valence electrons. The number of anilines is 1. The molecule has 6 heteroatoms. The molecular formula is C22H20BrNO4. The molecule has 0 heterocycles. The van der Waals surface area contributed by atoms with E-state index in [4.69, 9.17) is 14.2 Å². The first-order valence-corrected chi connectivity index (χ1v) is 9.40. The van der Waals surface area contributed by atoms with Crippen LogP contribution in [0.5, 0.6) is 17.2 Å². The number of nitrogens with one attached hydrogen (secondary N) is 1. The summed E-state index contributed by atoms with van der Waals surface area (Å²) in [6, 6.07) is 20.4. The van der Waals surface area contributed by atoms with Gasteiger partial charge >= 0.3 is 0 Å². The van der Waals surface area contributed by atoms with E-state index >= 15 is 0 Å². The summed E-state index contributed by atoms with van der Waals surface area (Å²) in [5.74, 6) is 1.32. The number of methoxy groups -OCH3 is 2. The quantitative estimate of drug-likeness (QED) is 0.540. The third kappa shape index (κ3) is 4.64. The predicted molar refractivity (Wildman–Crippen MR) is 112 cm³/mol. The number of hydrogen-bond donors (Lipinski definition) is 1. The van der Waals surface area contributed by atoms with E-state index in [1.165, 1.54) is 0 Å². The predicted octanol–water partition coefficient (Wildman–Crippen LogP) is 5.30. The lowest BCUT2D eigenvalue weighted by Gasteiger charge is -2.15. The number of halogens is 1. The molecule has 3 rings (SSSR count). The number of para-hydroxylation sites is 2. The van der Waals surface area contributed by atoms with Gasteiger partial charge in [-0.05, 0) is 45.8 Å². The smallest absolute Gasteiger partial charge is 0.255 e. The van der Waals surface area contributed by atoms with Crippen molar-refractivity contribution in [3.05, 3.63) is 82.3 Å². The number of carbonyl (C=O) groups is 1. The summed E-state index contributed by atoms with van der Waals surface area (Å²) >= 11 is 3.46. The first-order chi connectivity index (χ1) is 13.6. The molecule has 0 aromatic heterocycles. The zero-order chi connectivity index (χ0) is 19.9.